The third-order valence-corrected chi connectivity index (χ3v) is 2.30. The molecule has 1 aromatic rings. The lowest BCUT2D eigenvalue weighted by molar-refractivity contribution is 0.1000. The first-order chi connectivity index (χ1) is 8.15. The van der Waals surface area contributed by atoms with Gasteiger partial charge in [0.2, 0.25) is 5.91 Å². The molecule has 0 aliphatic heterocycles. The van der Waals surface area contributed by atoms with Gasteiger partial charge in [-0.2, -0.15) is 0 Å². The fraction of sp³-hybridized carbons (Fsp3) is 0.417. The highest BCUT2D eigenvalue weighted by Gasteiger charge is 2.06. The molecular weight excluding hydrogens is 221 g/mol. The summed E-state index contributed by atoms with van der Waals surface area (Å²) < 4.78 is 13.5. The summed E-state index contributed by atoms with van der Waals surface area (Å²) >= 11 is 0. The van der Waals surface area contributed by atoms with E-state index in [-0.39, 0.29) is 5.56 Å². The molecule has 0 heterocycles. The smallest absolute Gasteiger partial charge is 0.248 e. The predicted octanol–water partition coefficient (Wildman–Crippen LogP) is 1.34. The topological polar surface area (TPSA) is 67.2 Å². The molecule has 0 saturated carbocycles. The van der Waals surface area contributed by atoms with Gasteiger partial charge in [-0.05, 0) is 31.2 Å². The van der Waals surface area contributed by atoms with Gasteiger partial charge in [0.1, 0.15) is 5.82 Å². The zero-order valence-corrected chi connectivity index (χ0v) is 9.92. The minimum absolute atomic E-state index is 0.178. The van der Waals surface area contributed by atoms with Gasteiger partial charge in [0.15, 0.2) is 0 Å². The molecule has 94 valence electrons. The quantitative estimate of drug-likeness (QED) is 0.629. The summed E-state index contributed by atoms with van der Waals surface area (Å²) in [5.41, 5.74) is 5.61. The number of hydrogen-bond donors (Lipinski definition) is 3. The molecule has 0 aromatic heterocycles. The van der Waals surface area contributed by atoms with Gasteiger partial charge in [0, 0.05) is 18.7 Å². The molecule has 0 spiro atoms. The highest BCUT2D eigenvalue weighted by molar-refractivity contribution is 5.93. The van der Waals surface area contributed by atoms with E-state index in [1.54, 1.807) is 0 Å². The zero-order chi connectivity index (χ0) is 12.7. The molecule has 5 heteroatoms. The van der Waals surface area contributed by atoms with Crippen molar-refractivity contribution in [2.75, 3.05) is 25.0 Å². The molecule has 0 saturated heterocycles. The molecule has 4 N–H and O–H groups in total. The molecule has 0 radical (unpaired) electrons. The van der Waals surface area contributed by atoms with Gasteiger partial charge in [-0.15, -0.1) is 0 Å². The summed E-state index contributed by atoms with van der Waals surface area (Å²) in [6, 6.07) is 4.17. The molecule has 4 nitrogen and oxygen atoms in total. The minimum atomic E-state index is -0.625. The molecule has 0 atom stereocenters. The number of halogens is 1. The summed E-state index contributed by atoms with van der Waals surface area (Å²) in [5, 5.41) is 6.14. The zero-order valence-electron chi connectivity index (χ0n) is 9.92. The Morgan fingerprint density at radius 3 is 2.71 bits per heavy atom. The number of anilines is 1. The predicted molar refractivity (Wildman–Crippen MR) is 66.6 cm³/mol. The first kappa shape index (κ1) is 13.4. The van der Waals surface area contributed by atoms with Crippen molar-refractivity contribution in [3.8, 4) is 0 Å². The third kappa shape index (κ3) is 4.40. The molecule has 0 unspecified atom stereocenters. The normalized spacial score (nSPS) is 10.2. The van der Waals surface area contributed by atoms with Gasteiger partial charge in [-0.1, -0.05) is 6.92 Å². The SMILES string of the molecule is CCCNCCNc1ccc(C(N)=O)cc1F. The van der Waals surface area contributed by atoms with E-state index < -0.39 is 11.7 Å². The maximum atomic E-state index is 13.5. The fourth-order valence-electron chi connectivity index (χ4n) is 1.40. The Hall–Kier alpha value is -1.62. The van der Waals surface area contributed by atoms with Gasteiger partial charge in [-0.3, -0.25) is 4.79 Å². The second-order valence-electron chi connectivity index (χ2n) is 3.74. The van der Waals surface area contributed by atoms with Crippen LogP contribution in [0.5, 0.6) is 0 Å². The average Bonchev–Trinajstić information content (AvgIpc) is 2.30. The summed E-state index contributed by atoms with van der Waals surface area (Å²) in [6.07, 6.45) is 1.07. The van der Waals surface area contributed by atoms with Crippen LogP contribution < -0.4 is 16.4 Å². The summed E-state index contributed by atoms with van der Waals surface area (Å²) in [7, 11) is 0. The number of primary amides is 1. The Morgan fingerprint density at radius 2 is 2.12 bits per heavy atom. The second-order valence-corrected chi connectivity index (χ2v) is 3.74. The lowest BCUT2D eigenvalue weighted by Gasteiger charge is -2.08. The monoisotopic (exact) mass is 239 g/mol. The van der Waals surface area contributed by atoms with Gasteiger partial charge < -0.3 is 16.4 Å². The number of rotatable bonds is 7. The highest BCUT2D eigenvalue weighted by atomic mass is 19.1. The minimum Gasteiger partial charge on any atom is -0.381 e. The fourth-order valence-corrected chi connectivity index (χ4v) is 1.40. The van der Waals surface area contributed by atoms with E-state index in [4.69, 9.17) is 5.73 Å². The van der Waals surface area contributed by atoms with Crippen LogP contribution >= 0.6 is 0 Å². The van der Waals surface area contributed by atoms with Crippen LogP contribution in [0.2, 0.25) is 0 Å². The Balaban J connectivity index is 2.46. The van der Waals surface area contributed by atoms with E-state index in [9.17, 15) is 9.18 Å². The Labute approximate surface area is 100 Å². The molecule has 1 amide bonds. The largest absolute Gasteiger partial charge is 0.381 e. The molecule has 17 heavy (non-hydrogen) atoms. The van der Waals surface area contributed by atoms with Crippen molar-refractivity contribution in [2.45, 2.75) is 13.3 Å². The average molecular weight is 239 g/mol. The first-order valence-electron chi connectivity index (χ1n) is 5.69. The van der Waals surface area contributed by atoms with E-state index in [0.29, 0.717) is 12.2 Å². The standard InChI is InChI=1S/C12H18FN3O/c1-2-5-15-6-7-16-11-4-3-9(12(14)17)8-10(11)13/h3-4,8,15-16H,2,5-7H2,1H3,(H2,14,17). The summed E-state index contributed by atoms with van der Waals surface area (Å²) in [6.45, 7) is 4.44. The maximum absolute atomic E-state index is 13.5. The second kappa shape index (κ2) is 6.85. The lowest BCUT2D eigenvalue weighted by atomic mass is 10.2. The van der Waals surface area contributed by atoms with Crippen molar-refractivity contribution in [1.82, 2.24) is 5.32 Å². The molecular formula is C12H18FN3O. The van der Waals surface area contributed by atoms with Crippen LogP contribution in [0.1, 0.15) is 23.7 Å². The van der Waals surface area contributed by atoms with Gasteiger partial charge >= 0.3 is 0 Å². The van der Waals surface area contributed by atoms with Crippen molar-refractivity contribution in [1.29, 1.82) is 0 Å². The van der Waals surface area contributed by atoms with Crippen molar-refractivity contribution < 1.29 is 9.18 Å². The van der Waals surface area contributed by atoms with Gasteiger partial charge in [-0.25, -0.2) is 4.39 Å². The van der Waals surface area contributed by atoms with Crippen LogP contribution in [-0.2, 0) is 0 Å². The van der Waals surface area contributed by atoms with E-state index in [2.05, 4.69) is 17.6 Å². The number of nitrogens with one attached hydrogen (secondary N) is 2. The van der Waals surface area contributed by atoms with E-state index in [1.807, 2.05) is 0 Å². The lowest BCUT2D eigenvalue weighted by Crippen LogP contribution is -2.23. The molecule has 0 aliphatic rings. The number of carbonyl (C=O) groups excluding carboxylic acids is 1. The Kier molecular flexibility index (Phi) is 5.42. The van der Waals surface area contributed by atoms with E-state index in [1.165, 1.54) is 12.1 Å². The van der Waals surface area contributed by atoms with Crippen LogP contribution in [0.25, 0.3) is 0 Å². The highest BCUT2D eigenvalue weighted by Crippen LogP contribution is 2.14. The van der Waals surface area contributed by atoms with Crippen molar-refractivity contribution in [3.63, 3.8) is 0 Å². The van der Waals surface area contributed by atoms with Crippen LogP contribution in [-0.4, -0.2) is 25.5 Å². The molecule has 1 rings (SSSR count). The first-order valence-corrected chi connectivity index (χ1v) is 5.69. The van der Waals surface area contributed by atoms with Crippen LogP contribution in [0.3, 0.4) is 0 Å². The third-order valence-electron chi connectivity index (χ3n) is 2.30. The van der Waals surface area contributed by atoms with Crippen molar-refractivity contribution >= 4 is 11.6 Å². The number of benzene rings is 1. The Morgan fingerprint density at radius 1 is 1.35 bits per heavy atom. The van der Waals surface area contributed by atoms with Crippen LogP contribution in [0, 0.1) is 5.82 Å². The maximum Gasteiger partial charge on any atom is 0.248 e. The van der Waals surface area contributed by atoms with Crippen molar-refractivity contribution in [2.24, 2.45) is 5.73 Å². The Bertz CT molecular complexity index is 382. The van der Waals surface area contributed by atoms with Gasteiger partial charge in [0.25, 0.3) is 0 Å². The van der Waals surface area contributed by atoms with E-state index >= 15 is 0 Å². The number of nitrogens with two attached hydrogens (primary N) is 1. The van der Waals surface area contributed by atoms with Crippen LogP contribution in [0.15, 0.2) is 18.2 Å². The van der Waals surface area contributed by atoms with E-state index in [0.717, 1.165) is 25.6 Å². The summed E-state index contributed by atoms with van der Waals surface area (Å²) in [5.74, 6) is -1.09. The number of amides is 1. The van der Waals surface area contributed by atoms with Crippen LogP contribution in [0.4, 0.5) is 10.1 Å². The summed E-state index contributed by atoms with van der Waals surface area (Å²) in [4.78, 5) is 10.8. The van der Waals surface area contributed by atoms with Gasteiger partial charge in [0.05, 0.1) is 5.69 Å². The number of hydrogen-bond acceptors (Lipinski definition) is 3. The molecule has 0 aliphatic carbocycles. The molecule has 1 aromatic carbocycles. The molecule has 0 fully saturated rings. The molecule has 0 bridgehead atoms. The van der Waals surface area contributed by atoms with Crippen molar-refractivity contribution in [3.05, 3.63) is 29.6 Å². The number of carbonyl (C=O) groups is 1.